The first-order chi connectivity index (χ1) is 5.63. The summed E-state index contributed by atoms with van der Waals surface area (Å²) in [5.41, 5.74) is 5.64. The standard InChI is InChI=1S/C9H19NO2/c1-4-5-6-7(2)8(10)9(11)12-3/h7-8H,4-6,10H2,1-3H3. The second kappa shape index (κ2) is 6.00. The average Bonchev–Trinajstić information content (AvgIpc) is 2.11. The Morgan fingerprint density at radius 2 is 2.17 bits per heavy atom. The molecule has 2 atom stereocenters. The van der Waals surface area contributed by atoms with Crippen molar-refractivity contribution in [1.82, 2.24) is 0 Å². The number of carbonyl (C=O) groups excluding carboxylic acids is 1. The molecule has 2 N–H and O–H groups in total. The van der Waals surface area contributed by atoms with Crippen LogP contribution in [0.15, 0.2) is 0 Å². The van der Waals surface area contributed by atoms with E-state index in [0.29, 0.717) is 0 Å². The van der Waals surface area contributed by atoms with Crippen LogP contribution < -0.4 is 5.73 Å². The van der Waals surface area contributed by atoms with E-state index in [0.717, 1.165) is 19.3 Å². The van der Waals surface area contributed by atoms with Crippen molar-refractivity contribution in [3.8, 4) is 0 Å². The second-order valence-electron chi connectivity index (χ2n) is 3.17. The smallest absolute Gasteiger partial charge is 0.322 e. The molecular weight excluding hydrogens is 154 g/mol. The van der Waals surface area contributed by atoms with E-state index in [1.165, 1.54) is 7.11 Å². The van der Waals surface area contributed by atoms with Gasteiger partial charge in [-0.1, -0.05) is 26.7 Å². The first-order valence-electron chi connectivity index (χ1n) is 4.46. The van der Waals surface area contributed by atoms with Crippen LogP contribution in [0.1, 0.15) is 33.1 Å². The van der Waals surface area contributed by atoms with Crippen molar-refractivity contribution < 1.29 is 9.53 Å². The fourth-order valence-electron chi connectivity index (χ4n) is 1.07. The molecule has 2 unspecified atom stereocenters. The Balaban J connectivity index is 3.75. The van der Waals surface area contributed by atoms with E-state index in [2.05, 4.69) is 11.7 Å². The van der Waals surface area contributed by atoms with Gasteiger partial charge < -0.3 is 10.5 Å². The summed E-state index contributed by atoms with van der Waals surface area (Å²) in [5, 5.41) is 0. The number of nitrogens with two attached hydrogens (primary N) is 1. The minimum absolute atomic E-state index is 0.220. The molecule has 0 aliphatic rings. The lowest BCUT2D eigenvalue weighted by atomic mass is 9.97. The largest absolute Gasteiger partial charge is 0.468 e. The summed E-state index contributed by atoms with van der Waals surface area (Å²) in [5.74, 6) is -0.0870. The van der Waals surface area contributed by atoms with Gasteiger partial charge in [-0.2, -0.15) is 0 Å². The van der Waals surface area contributed by atoms with Crippen molar-refractivity contribution in [2.45, 2.75) is 39.2 Å². The highest BCUT2D eigenvalue weighted by Gasteiger charge is 2.20. The molecule has 0 bridgehead atoms. The van der Waals surface area contributed by atoms with Crippen LogP contribution in [-0.4, -0.2) is 19.1 Å². The van der Waals surface area contributed by atoms with Crippen LogP contribution in [0.25, 0.3) is 0 Å². The van der Waals surface area contributed by atoms with E-state index in [1.807, 2.05) is 6.92 Å². The van der Waals surface area contributed by atoms with E-state index < -0.39 is 6.04 Å². The molecule has 0 spiro atoms. The topological polar surface area (TPSA) is 52.3 Å². The quantitative estimate of drug-likeness (QED) is 0.638. The number of ether oxygens (including phenoxy) is 1. The van der Waals surface area contributed by atoms with Gasteiger partial charge in [0.05, 0.1) is 7.11 Å². The highest BCUT2D eigenvalue weighted by atomic mass is 16.5. The average molecular weight is 173 g/mol. The molecule has 0 fully saturated rings. The van der Waals surface area contributed by atoms with Crippen molar-refractivity contribution in [2.75, 3.05) is 7.11 Å². The SMILES string of the molecule is CCCCC(C)C(N)C(=O)OC. The number of methoxy groups -OCH3 is 1. The van der Waals surface area contributed by atoms with Gasteiger partial charge in [0.2, 0.25) is 0 Å². The van der Waals surface area contributed by atoms with Crippen LogP contribution in [0, 0.1) is 5.92 Å². The number of hydrogen-bond acceptors (Lipinski definition) is 3. The van der Waals surface area contributed by atoms with Crippen LogP contribution >= 0.6 is 0 Å². The monoisotopic (exact) mass is 173 g/mol. The zero-order chi connectivity index (χ0) is 9.56. The van der Waals surface area contributed by atoms with E-state index in [4.69, 9.17) is 5.73 Å². The van der Waals surface area contributed by atoms with Crippen LogP contribution in [0.3, 0.4) is 0 Å². The molecule has 0 radical (unpaired) electrons. The summed E-state index contributed by atoms with van der Waals surface area (Å²) in [6.45, 7) is 4.10. The number of carbonyl (C=O) groups is 1. The first-order valence-corrected chi connectivity index (χ1v) is 4.46. The maximum absolute atomic E-state index is 11.0. The summed E-state index contributed by atoms with van der Waals surface area (Å²) < 4.78 is 4.55. The van der Waals surface area contributed by atoms with Gasteiger partial charge >= 0.3 is 5.97 Å². The highest BCUT2D eigenvalue weighted by molar-refractivity contribution is 5.75. The molecule has 0 aromatic carbocycles. The molecule has 0 aromatic heterocycles. The van der Waals surface area contributed by atoms with Crippen LogP contribution in [0.4, 0.5) is 0 Å². The number of rotatable bonds is 5. The predicted molar refractivity (Wildman–Crippen MR) is 48.7 cm³/mol. The molecule has 0 aliphatic carbocycles. The molecule has 3 nitrogen and oxygen atoms in total. The molecule has 0 heterocycles. The summed E-state index contributed by atoms with van der Waals surface area (Å²) in [7, 11) is 1.37. The number of unbranched alkanes of at least 4 members (excludes halogenated alkanes) is 1. The molecule has 0 aliphatic heterocycles. The lowest BCUT2D eigenvalue weighted by molar-refractivity contribution is -0.143. The van der Waals surface area contributed by atoms with Gasteiger partial charge in [0, 0.05) is 0 Å². The van der Waals surface area contributed by atoms with Gasteiger partial charge in [0.15, 0.2) is 0 Å². The molecule has 72 valence electrons. The first kappa shape index (κ1) is 11.4. The normalized spacial score (nSPS) is 15.3. The van der Waals surface area contributed by atoms with Crippen LogP contribution in [0.2, 0.25) is 0 Å². The van der Waals surface area contributed by atoms with Crippen LogP contribution in [0.5, 0.6) is 0 Å². The third-order valence-electron chi connectivity index (χ3n) is 2.10. The van der Waals surface area contributed by atoms with Gasteiger partial charge in [-0.05, 0) is 12.3 Å². The molecule has 0 amide bonds. The summed E-state index contributed by atoms with van der Waals surface area (Å²) in [6.07, 6.45) is 3.25. The van der Waals surface area contributed by atoms with E-state index in [-0.39, 0.29) is 11.9 Å². The van der Waals surface area contributed by atoms with Crippen molar-refractivity contribution in [1.29, 1.82) is 0 Å². The fraction of sp³-hybridized carbons (Fsp3) is 0.889. The summed E-state index contributed by atoms with van der Waals surface area (Å²) in [4.78, 5) is 11.0. The number of esters is 1. The van der Waals surface area contributed by atoms with Crippen molar-refractivity contribution in [2.24, 2.45) is 11.7 Å². The molecular formula is C9H19NO2. The van der Waals surface area contributed by atoms with E-state index >= 15 is 0 Å². The zero-order valence-corrected chi connectivity index (χ0v) is 8.17. The van der Waals surface area contributed by atoms with E-state index in [9.17, 15) is 4.79 Å². The molecule has 0 saturated carbocycles. The summed E-state index contributed by atoms with van der Waals surface area (Å²) >= 11 is 0. The van der Waals surface area contributed by atoms with Gasteiger partial charge in [-0.3, -0.25) is 4.79 Å². The summed E-state index contributed by atoms with van der Waals surface area (Å²) in [6, 6.07) is -0.457. The molecule has 0 aromatic rings. The van der Waals surface area contributed by atoms with Crippen LogP contribution in [-0.2, 0) is 9.53 Å². The lowest BCUT2D eigenvalue weighted by Crippen LogP contribution is -2.37. The zero-order valence-electron chi connectivity index (χ0n) is 8.17. The second-order valence-corrected chi connectivity index (χ2v) is 3.17. The minimum Gasteiger partial charge on any atom is -0.468 e. The van der Waals surface area contributed by atoms with Gasteiger partial charge in [0.25, 0.3) is 0 Å². The lowest BCUT2D eigenvalue weighted by Gasteiger charge is -2.16. The Morgan fingerprint density at radius 1 is 1.58 bits per heavy atom. The van der Waals surface area contributed by atoms with Crippen molar-refractivity contribution in [3.63, 3.8) is 0 Å². The maximum atomic E-state index is 11.0. The van der Waals surface area contributed by atoms with Crippen molar-refractivity contribution >= 4 is 5.97 Å². The molecule has 3 heteroatoms. The highest BCUT2D eigenvalue weighted by Crippen LogP contribution is 2.11. The minimum atomic E-state index is -0.457. The molecule has 0 rings (SSSR count). The number of hydrogen-bond donors (Lipinski definition) is 1. The van der Waals surface area contributed by atoms with Gasteiger partial charge in [-0.15, -0.1) is 0 Å². The van der Waals surface area contributed by atoms with E-state index in [1.54, 1.807) is 0 Å². The van der Waals surface area contributed by atoms with Crippen molar-refractivity contribution in [3.05, 3.63) is 0 Å². The molecule has 12 heavy (non-hydrogen) atoms. The predicted octanol–water partition coefficient (Wildman–Crippen LogP) is 1.31. The van der Waals surface area contributed by atoms with Gasteiger partial charge in [-0.25, -0.2) is 0 Å². The Labute approximate surface area is 74.3 Å². The third kappa shape index (κ3) is 3.72. The maximum Gasteiger partial charge on any atom is 0.322 e. The van der Waals surface area contributed by atoms with Gasteiger partial charge in [0.1, 0.15) is 6.04 Å². The third-order valence-corrected chi connectivity index (χ3v) is 2.10. The Kier molecular flexibility index (Phi) is 5.72. The Bertz CT molecular complexity index is 136. The Hall–Kier alpha value is -0.570. The molecule has 0 saturated heterocycles. The fourth-order valence-corrected chi connectivity index (χ4v) is 1.07. The Morgan fingerprint density at radius 3 is 2.58 bits per heavy atom.